The molecule has 1 aromatic carbocycles. The number of nitrogens with zero attached hydrogens (tertiary/aromatic N) is 2. The lowest BCUT2D eigenvalue weighted by Gasteiger charge is -2.08. The normalized spacial score (nSPS) is 11.0. The molecule has 3 rings (SSSR count). The average Bonchev–Trinajstić information content (AvgIpc) is 2.97. The number of aromatic amines is 1. The van der Waals surface area contributed by atoms with Gasteiger partial charge in [0.15, 0.2) is 0 Å². The van der Waals surface area contributed by atoms with Crippen molar-refractivity contribution in [3.8, 4) is 0 Å². The average molecular weight is 309 g/mol. The Bertz CT molecular complexity index is 853. The summed E-state index contributed by atoms with van der Waals surface area (Å²) >= 11 is 0. The van der Waals surface area contributed by atoms with Crippen LogP contribution >= 0.6 is 0 Å². The Hall–Kier alpha value is -2.89. The van der Waals surface area contributed by atoms with Gasteiger partial charge in [0.1, 0.15) is 17.8 Å². The van der Waals surface area contributed by atoms with Crippen molar-refractivity contribution in [3.63, 3.8) is 0 Å². The lowest BCUT2D eigenvalue weighted by molar-refractivity contribution is 0.0959. The van der Waals surface area contributed by atoms with Crippen LogP contribution in [0.4, 0.5) is 11.5 Å². The molecule has 6 nitrogen and oxygen atoms in total. The summed E-state index contributed by atoms with van der Waals surface area (Å²) in [5.41, 5.74) is 3.36. The highest BCUT2D eigenvalue weighted by Gasteiger charge is 2.08. The summed E-state index contributed by atoms with van der Waals surface area (Å²) in [5, 5.41) is 6.85. The molecule has 1 amide bonds. The maximum Gasteiger partial charge on any atom is 0.267 e. The van der Waals surface area contributed by atoms with Crippen molar-refractivity contribution >= 4 is 28.3 Å². The number of carbonyl (C=O) groups is 1. The van der Waals surface area contributed by atoms with Crippen LogP contribution in [-0.4, -0.2) is 27.9 Å². The molecule has 0 aliphatic carbocycles. The highest BCUT2D eigenvalue weighted by atomic mass is 16.1. The Kier molecular flexibility index (Phi) is 3.97. The zero-order valence-electron chi connectivity index (χ0n) is 13.3. The third kappa shape index (κ3) is 3.15. The molecule has 6 heteroatoms. The van der Waals surface area contributed by atoms with Crippen LogP contribution in [0.5, 0.6) is 0 Å². The van der Waals surface area contributed by atoms with E-state index in [0.29, 0.717) is 11.6 Å². The summed E-state index contributed by atoms with van der Waals surface area (Å²) in [7, 11) is 1.61. The third-order valence-electron chi connectivity index (χ3n) is 3.64. The molecule has 0 aliphatic heterocycles. The summed E-state index contributed by atoms with van der Waals surface area (Å²) in [4.78, 5) is 23.3. The minimum absolute atomic E-state index is 0.131. The molecule has 0 fully saturated rings. The molecule has 2 aromatic heterocycles. The topological polar surface area (TPSA) is 82.7 Å². The van der Waals surface area contributed by atoms with E-state index in [1.54, 1.807) is 13.4 Å². The van der Waals surface area contributed by atoms with Gasteiger partial charge in [-0.2, -0.15) is 0 Å². The van der Waals surface area contributed by atoms with Crippen LogP contribution in [0.15, 0.2) is 36.7 Å². The van der Waals surface area contributed by atoms with Crippen molar-refractivity contribution in [3.05, 3.63) is 48.0 Å². The second-order valence-electron chi connectivity index (χ2n) is 5.67. The monoisotopic (exact) mass is 309 g/mol. The number of hydrogen-bond acceptors (Lipinski definition) is 4. The summed E-state index contributed by atoms with van der Waals surface area (Å²) < 4.78 is 0. The molecule has 23 heavy (non-hydrogen) atoms. The van der Waals surface area contributed by atoms with Gasteiger partial charge >= 0.3 is 0 Å². The Morgan fingerprint density at radius 1 is 1.17 bits per heavy atom. The van der Waals surface area contributed by atoms with Gasteiger partial charge in [0.2, 0.25) is 0 Å². The molecule has 0 saturated carbocycles. The van der Waals surface area contributed by atoms with Gasteiger partial charge in [-0.05, 0) is 30.2 Å². The van der Waals surface area contributed by atoms with Gasteiger partial charge in [0, 0.05) is 35.4 Å². The Labute approximate surface area is 134 Å². The van der Waals surface area contributed by atoms with E-state index >= 15 is 0 Å². The smallest absolute Gasteiger partial charge is 0.267 e. The van der Waals surface area contributed by atoms with Crippen LogP contribution in [0.1, 0.15) is 35.9 Å². The minimum atomic E-state index is -0.131. The zero-order valence-corrected chi connectivity index (χ0v) is 13.3. The molecular formula is C17H19N5O. The van der Waals surface area contributed by atoms with E-state index < -0.39 is 0 Å². The van der Waals surface area contributed by atoms with Crippen LogP contribution in [0, 0.1) is 0 Å². The van der Waals surface area contributed by atoms with Crippen molar-refractivity contribution < 1.29 is 4.79 Å². The standard InChI is InChI=1S/C17H19N5O/c1-10(2)14-8-16(20-9-19-14)21-12-4-5-13-11(6-12)7-15(22-13)17(23)18-3/h4-10,22H,1-3H3,(H,18,23)(H,19,20,21). The molecule has 0 atom stereocenters. The lowest BCUT2D eigenvalue weighted by Crippen LogP contribution is -2.17. The largest absolute Gasteiger partial charge is 0.354 e. The van der Waals surface area contributed by atoms with Crippen molar-refractivity contribution in [1.82, 2.24) is 20.3 Å². The van der Waals surface area contributed by atoms with E-state index in [1.165, 1.54) is 0 Å². The van der Waals surface area contributed by atoms with Crippen molar-refractivity contribution in [2.45, 2.75) is 19.8 Å². The first-order chi connectivity index (χ1) is 11.1. The van der Waals surface area contributed by atoms with Crippen LogP contribution < -0.4 is 10.6 Å². The molecule has 0 radical (unpaired) electrons. The van der Waals surface area contributed by atoms with E-state index in [9.17, 15) is 4.79 Å². The fraction of sp³-hybridized carbons (Fsp3) is 0.235. The van der Waals surface area contributed by atoms with Gasteiger partial charge in [0.05, 0.1) is 0 Å². The molecule has 2 heterocycles. The quantitative estimate of drug-likeness (QED) is 0.691. The SMILES string of the molecule is CNC(=O)c1cc2cc(Nc3cc(C(C)C)ncn3)ccc2[nH]1. The van der Waals surface area contributed by atoms with E-state index in [-0.39, 0.29) is 5.91 Å². The number of nitrogens with one attached hydrogen (secondary N) is 3. The summed E-state index contributed by atoms with van der Waals surface area (Å²) in [6.07, 6.45) is 1.57. The number of carbonyl (C=O) groups excluding carboxylic acids is 1. The second-order valence-corrected chi connectivity index (χ2v) is 5.67. The van der Waals surface area contributed by atoms with Crippen molar-refractivity contribution in [2.24, 2.45) is 0 Å². The molecule has 118 valence electrons. The Morgan fingerprint density at radius 3 is 2.74 bits per heavy atom. The number of rotatable bonds is 4. The molecular weight excluding hydrogens is 290 g/mol. The molecule has 0 bridgehead atoms. The lowest BCUT2D eigenvalue weighted by atomic mass is 10.1. The van der Waals surface area contributed by atoms with E-state index in [2.05, 4.69) is 39.4 Å². The van der Waals surface area contributed by atoms with Gasteiger partial charge in [-0.25, -0.2) is 9.97 Å². The fourth-order valence-electron chi connectivity index (χ4n) is 2.37. The first kappa shape index (κ1) is 15.0. The number of aromatic nitrogens is 3. The summed E-state index contributed by atoms with van der Waals surface area (Å²) in [5.74, 6) is 0.971. The first-order valence-corrected chi connectivity index (χ1v) is 7.50. The maximum absolute atomic E-state index is 11.7. The highest BCUT2D eigenvalue weighted by Crippen LogP contribution is 2.23. The van der Waals surface area contributed by atoms with Gasteiger partial charge < -0.3 is 15.6 Å². The number of anilines is 2. The van der Waals surface area contributed by atoms with Crippen LogP contribution in [0.3, 0.4) is 0 Å². The van der Waals surface area contributed by atoms with Crippen LogP contribution in [0.25, 0.3) is 10.9 Å². The number of benzene rings is 1. The van der Waals surface area contributed by atoms with Gasteiger partial charge in [-0.15, -0.1) is 0 Å². The van der Waals surface area contributed by atoms with Crippen molar-refractivity contribution in [2.75, 3.05) is 12.4 Å². The molecule has 3 aromatic rings. The number of fused-ring (bicyclic) bond motifs is 1. The molecule has 0 spiro atoms. The Morgan fingerprint density at radius 2 is 2.00 bits per heavy atom. The van der Waals surface area contributed by atoms with Gasteiger partial charge in [0.25, 0.3) is 5.91 Å². The first-order valence-electron chi connectivity index (χ1n) is 7.50. The predicted octanol–water partition coefficient (Wildman–Crippen LogP) is 3.18. The van der Waals surface area contributed by atoms with Gasteiger partial charge in [-0.3, -0.25) is 4.79 Å². The minimum Gasteiger partial charge on any atom is -0.354 e. The summed E-state index contributed by atoms with van der Waals surface area (Å²) in [6, 6.07) is 9.65. The highest BCUT2D eigenvalue weighted by molar-refractivity contribution is 5.98. The number of amides is 1. The summed E-state index contributed by atoms with van der Waals surface area (Å²) in [6.45, 7) is 4.19. The maximum atomic E-state index is 11.7. The number of H-pyrrole nitrogens is 1. The second kappa shape index (κ2) is 6.08. The van der Waals surface area contributed by atoms with Gasteiger partial charge in [-0.1, -0.05) is 13.8 Å². The van der Waals surface area contributed by atoms with E-state index in [1.807, 2.05) is 30.3 Å². The Balaban J connectivity index is 1.88. The van der Waals surface area contributed by atoms with E-state index in [4.69, 9.17) is 0 Å². The van der Waals surface area contributed by atoms with Crippen LogP contribution in [-0.2, 0) is 0 Å². The number of hydrogen-bond donors (Lipinski definition) is 3. The molecule has 0 aliphatic rings. The zero-order chi connectivity index (χ0) is 16.4. The van der Waals surface area contributed by atoms with E-state index in [0.717, 1.165) is 28.1 Å². The predicted molar refractivity (Wildman–Crippen MR) is 91.1 cm³/mol. The molecule has 3 N–H and O–H groups in total. The fourth-order valence-corrected chi connectivity index (χ4v) is 2.37. The van der Waals surface area contributed by atoms with Crippen molar-refractivity contribution in [1.29, 1.82) is 0 Å². The molecule has 0 unspecified atom stereocenters. The van der Waals surface area contributed by atoms with Crippen LogP contribution in [0.2, 0.25) is 0 Å². The molecule has 0 saturated heterocycles. The third-order valence-corrected chi connectivity index (χ3v) is 3.64.